The number of rotatable bonds is 4. The monoisotopic (exact) mass is 309 g/mol. The first kappa shape index (κ1) is 14.8. The van der Waals surface area contributed by atoms with E-state index in [0.717, 1.165) is 10.2 Å². The first-order chi connectivity index (χ1) is 11.2. The molecule has 1 amide bonds. The summed E-state index contributed by atoms with van der Waals surface area (Å²) in [6.45, 7) is 0. The lowest BCUT2D eigenvalue weighted by Crippen LogP contribution is -2.34. The zero-order valence-electron chi connectivity index (χ0n) is 12.5. The number of nitrogens with one attached hydrogen (secondary N) is 1. The van der Waals surface area contributed by atoms with E-state index in [1.807, 2.05) is 12.1 Å². The van der Waals surface area contributed by atoms with Crippen LogP contribution in [0.4, 0.5) is 0 Å². The number of hydrogen-bond acceptors (Lipinski definition) is 4. The fraction of sp³-hybridized carbons (Fsp3) is 0.118. The summed E-state index contributed by atoms with van der Waals surface area (Å²) in [4.78, 5) is 28.7. The van der Waals surface area contributed by atoms with E-state index in [1.54, 1.807) is 43.5 Å². The second-order valence-electron chi connectivity index (χ2n) is 4.96. The number of amides is 1. The highest BCUT2D eigenvalue weighted by Gasteiger charge is 2.10. The second-order valence-corrected chi connectivity index (χ2v) is 4.96. The number of fused-ring (bicyclic) bond motifs is 1. The summed E-state index contributed by atoms with van der Waals surface area (Å²) < 4.78 is 6.31. The maximum atomic E-state index is 12.3. The maximum absolute atomic E-state index is 12.3. The third-order valence-electron chi connectivity index (χ3n) is 3.45. The van der Waals surface area contributed by atoms with Crippen LogP contribution in [0.1, 0.15) is 5.56 Å². The number of carbonyl (C=O) groups excluding carboxylic acids is 1. The first-order valence-electron chi connectivity index (χ1n) is 7.07. The minimum Gasteiger partial charge on any atom is -0.496 e. The van der Waals surface area contributed by atoms with Crippen LogP contribution in [0.2, 0.25) is 0 Å². The van der Waals surface area contributed by atoms with Crippen LogP contribution >= 0.6 is 0 Å². The van der Waals surface area contributed by atoms with E-state index in [1.165, 1.54) is 6.33 Å². The third kappa shape index (κ3) is 3.06. The molecule has 0 aliphatic rings. The van der Waals surface area contributed by atoms with Gasteiger partial charge in [0.2, 0.25) is 5.91 Å². The average molecular weight is 309 g/mol. The molecular formula is C17H15N3O3. The summed E-state index contributed by atoms with van der Waals surface area (Å²) in [5, 5.41) is 0.451. The second kappa shape index (κ2) is 6.31. The van der Waals surface area contributed by atoms with Gasteiger partial charge in [0, 0.05) is 5.56 Å². The lowest BCUT2D eigenvalue weighted by atomic mass is 10.1. The van der Waals surface area contributed by atoms with Crippen LogP contribution in [-0.2, 0) is 11.2 Å². The molecule has 1 aromatic heterocycles. The van der Waals surface area contributed by atoms with Gasteiger partial charge in [0.05, 0.1) is 24.4 Å². The van der Waals surface area contributed by atoms with Gasteiger partial charge in [-0.3, -0.25) is 15.0 Å². The van der Waals surface area contributed by atoms with E-state index in [-0.39, 0.29) is 17.9 Å². The van der Waals surface area contributed by atoms with Crippen molar-refractivity contribution in [1.29, 1.82) is 0 Å². The third-order valence-corrected chi connectivity index (χ3v) is 3.45. The zero-order chi connectivity index (χ0) is 16.2. The molecule has 3 aromatic rings. The summed E-state index contributed by atoms with van der Waals surface area (Å²) >= 11 is 0. The molecule has 1 heterocycles. The van der Waals surface area contributed by atoms with Gasteiger partial charge in [-0.2, -0.15) is 0 Å². The molecule has 0 aliphatic carbocycles. The van der Waals surface area contributed by atoms with E-state index in [2.05, 4.69) is 10.4 Å². The Morgan fingerprint density at radius 1 is 1.17 bits per heavy atom. The summed E-state index contributed by atoms with van der Waals surface area (Å²) in [5.41, 5.74) is 3.57. The van der Waals surface area contributed by atoms with Crippen LogP contribution in [0, 0.1) is 0 Å². The number of methoxy groups -OCH3 is 1. The molecule has 0 unspecified atom stereocenters. The van der Waals surface area contributed by atoms with Gasteiger partial charge in [0.1, 0.15) is 12.1 Å². The standard InChI is InChI=1S/C17H15N3O3/c1-23-15-9-5-2-6-12(15)10-16(21)19-20-11-18-14-8-4-3-7-13(14)17(20)22/h2-9,11H,10H2,1H3,(H,19,21). The Balaban J connectivity index is 1.83. The van der Waals surface area contributed by atoms with E-state index >= 15 is 0 Å². The predicted molar refractivity (Wildman–Crippen MR) is 87.1 cm³/mol. The Bertz CT molecular complexity index is 918. The molecule has 0 bridgehead atoms. The minimum absolute atomic E-state index is 0.100. The number of ether oxygens (including phenoxy) is 1. The lowest BCUT2D eigenvalue weighted by Gasteiger charge is -2.10. The van der Waals surface area contributed by atoms with Crippen molar-refractivity contribution in [2.45, 2.75) is 6.42 Å². The highest BCUT2D eigenvalue weighted by molar-refractivity contribution is 5.86. The number of benzene rings is 2. The summed E-state index contributed by atoms with van der Waals surface area (Å²) in [7, 11) is 1.55. The van der Waals surface area contributed by atoms with Gasteiger partial charge < -0.3 is 4.74 Å². The van der Waals surface area contributed by atoms with Crippen LogP contribution in [0.3, 0.4) is 0 Å². The molecule has 0 saturated heterocycles. The number of para-hydroxylation sites is 2. The SMILES string of the molecule is COc1ccccc1CC(=O)Nn1cnc2ccccc2c1=O. The van der Waals surface area contributed by atoms with E-state index in [9.17, 15) is 9.59 Å². The summed E-state index contributed by atoms with van der Waals surface area (Å²) in [6, 6.07) is 14.2. The van der Waals surface area contributed by atoms with Gasteiger partial charge in [0.25, 0.3) is 5.56 Å². The molecule has 2 aromatic carbocycles. The van der Waals surface area contributed by atoms with Crippen LogP contribution in [0.5, 0.6) is 5.75 Å². The summed E-state index contributed by atoms with van der Waals surface area (Å²) in [6.07, 6.45) is 1.41. The minimum atomic E-state index is -0.325. The fourth-order valence-corrected chi connectivity index (χ4v) is 2.34. The topological polar surface area (TPSA) is 73.2 Å². The molecule has 6 nitrogen and oxygen atoms in total. The van der Waals surface area contributed by atoms with Crippen LogP contribution in [0.15, 0.2) is 59.7 Å². The van der Waals surface area contributed by atoms with Crippen molar-refractivity contribution in [3.63, 3.8) is 0 Å². The van der Waals surface area contributed by atoms with Gasteiger partial charge in [-0.15, -0.1) is 0 Å². The highest BCUT2D eigenvalue weighted by atomic mass is 16.5. The van der Waals surface area contributed by atoms with E-state index in [0.29, 0.717) is 16.7 Å². The number of nitrogens with zero attached hydrogens (tertiary/aromatic N) is 2. The molecule has 6 heteroatoms. The molecule has 0 spiro atoms. The Morgan fingerprint density at radius 2 is 1.91 bits per heavy atom. The van der Waals surface area contributed by atoms with Gasteiger partial charge >= 0.3 is 0 Å². The number of carbonyl (C=O) groups is 1. The molecule has 1 N–H and O–H groups in total. The molecule has 3 rings (SSSR count). The van der Waals surface area contributed by atoms with Crippen molar-refractivity contribution in [3.05, 3.63) is 70.8 Å². The van der Waals surface area contributed by atoms with Crippen LogP contribution < -0.4 is 15.7 Å². The van der Waals surface area contributed by atoms with Crippen molar-refractivity contribution >= 4 is 16.8 Å². The van der Waals surface area contributed by atoms with E-state index in [4.69, 9.17) is 4.74 Å². The normalized spacial score (nSPS) is 10.5. The smallest absolute Gasteiger partial charge is 0.280 e. The molecule has 116 valence electrons. The van der Waals surface area contributed by atoms with Crippen LogP contribution in [-0.4, -0.2) is 22.7 Å². The van der Waals surface area contributed by atoms with Crippen molar-refractivity contribution in [2.75, 3.05) is 12.5 Å². The highest BCUT2D eigenvalue weighted by Crippen LogP contribution is 2.17. The Morgan fingerprint density at radius 3 is 2.74 bits per heavy atom. The number of hydrogen-bond donors (Lipinski definition) is 1. The largest absolute Gasteiger partial charge is 0.496 e. The lowest BCUT2D eigenvalue weighted by molar-refractivity contribution is -0.116. The molecule has 0 radical (unpaired) electrons. The first-order valence-corrected chi connectivity index (χ1v) is 7.07. The quantitative estimate of drug-likeness (QED) is 0.796. The predicted octanol–water partition coefficient (Wildman–Crippen LogP) is 1.72. The Hall–Kier alpha value is -3.15. The fourth-order valence-electron chi connectivity index (χ4n) is 2.34. The summed E-state index contributed by atoms with van der Waals surface area (Å²) in [5.74, 6) is 0.306. The van der Waals surface area contributed by atoms with Crippen molar-refractivity contribution in [3.8, 4) is 5.75 Å². The molecule has 0 aliphatic heterocycles. The maximum Gasteiger partial charge on any atom is 0.280 e. The molecular weight excluding hydrogens is 294 g/mol. The van der Waals surface area contributed by atoms with Crippen LogP contribution in [0.25, 0.3) is 10.9 Å². The zero-order valence-corrected chi connectivity index (χ0v) is 12.5. The Kier molecular flexibility index (Phi) is 4.05. The van der Waals surface area contributed by atoms with E-state index < -0.39 is 0 Å². The van der Waals surface area contributed by atoms with Gasteiger partial charge in [-0.25, -0.2) is 9.66 Å². The van der Waals surface area contributed by atoms with Crippen molar-refractivity contribution in [2.24, 2.45) is 0 Å². The number of aromatic nitrogens is 2. The van der Waals surface area contributed by atoms with Gasteiger partial charge in [-0.1, -0.05) is 30.3 Å². The van der Waals surface area contributed by atoms with Crippen molar-refractivity contribution < 1.29 is 9.53 Å². The van der Waals surface area contributed by atoms with Gasteiger partial charge in [0.15, 0.2) is 0 Å². The van der Waals surface area contributed by atoms with Crippen molar-refractivity contribution in [1.82, 2.24) is 9.66 Å². The molecule has 0 atom stereocenters. The molecule has 23 heavy (non-hydrogen) atoms. The Labute approximate surface area is 132 Å². The average Bonchev–Trinajstić information content (AvgIpc) is 2.58. The molecule has 0 fully saturated rings. The van der Waals surface area contributed by atoms with Gasteiger partial charge in [-0.05, 0) is 18.2 Å². The molecule has 0 saturated carbocycles.